The van der Waals surface area contributed by atoms with Crippen molar-refractivity contribution in [3.05, 3.63) is 98.0 Å². The van der Waals surface area contributed by atoms with Crippen molar-refractivity contribution in [2.75, 3.05) is 5.32 Å². The second kappa shape index (κ2) is 10.8. The van der Waals surface area contributed by atoms with Gasteiger partial charge >= 0.3 is 6.18 Å². The summed E-state index contributed by atoms with van der Waals surface area (Å²) in [7, 11) is 0. The first-order valence-corrected chi connectivity index (χ1v) is 10.7. The Bertz CT molecular complexity index is 1280. The van der Waals surface area contributed by atoms with Gasteiger partial charge in [-0.2, -0.15) is 18.4 Å². The number of amides is 1. The third kappa shape index (κ3) is 6.45. The minimum atomic E-state index is -4.57. The van der Waals surface area contributed by atoms with Crippen LogP contribution in [0.25, 0.3) is 6.08 Å². The molecule has 1 N–H and O–H groups in total. The van der Waals surface area contributed by atoms with Crippen LogP contribution in [-0.2, 0) is 17.6 Å². The second-order valence-electron chi connectivity index (χ2n) is 6.90. The van der Waals surface area contributed by atoms with Gasteiger partial charge in [-0.1, -0.05) is 59.1 Å². The lowest BCUT2D eigenvalue weighted by Crippen LogP contribution is -2.14. The molecule has 1 amide bonds. The Kier molecular flexibility index (Phi) is 8.11. The average Bonchev–Trinajstić information content (AvgIpc) is 2.77. The van der Waals surface area contributed by atoms with E-state index in [0.717, 1.165) is 23.8 Å². The quantitative estimate of drug-likeness (QED) is 0.264. The molecule has 0 saturated heterocycles. The minimum absolute atomic E-state index is 0.108. The van der Waals surface area contributed by atoms with E-state index < -0.39 is 17.6 Å². The van der Waals surface area contributed by atoms with Gasteiger partial charge in [0.2, 0.25) is 0 Å². The number of nitrogens with zero attached hydrogens (tertiary/aromatic N) is 1. The van der Waals surface area contributed by atoms with Crippen molar-refractivity contribution < 1.29 is 22.7 Å². The van der Waals surface area contributed by atoms with Crippen LogP contribution in [0, 0.1) is 11.3 Å². The standard InChI is InChI=1S/C24H14Cl3F3N2O2/c25-19-7-2-1-4-15(19)13-34-22-20(26)9-14(10-21(22)27)8-16(12-31)23(33)32-18-6-3-5-17(11-18)24(28,29)30/h1-11H,13H2,(H,32,33)/b16-8+. The smallest absolute Gasteiger partial charge is 0.416 e. The molecule has 174 valence electrons. The summed E-state index contributed by atoms with van der Waals surface area (Å²) in [5, 5.41) is 12.4. The van der Waals surface area contributed by atoms with Gasteiger partial charge in [0, 0.05) is 16.3 Å². The van der Waals surface area contributed by atoms with E-state index in [1.54, 1.807) is 30.3 Å². The first kappa shape index (κ1) is 25.4. The summed E-state index contributed by atoms with van der Waals surface area (Å²) < 4.78 is 44.3. The van der Waals surface area contributed by atoms with Gasteiger partial charge in [-0.15, -0.1) is 0 Å². The molecule has 0 aromatic heterocycles. The molecule has 10 heteroatoms. The molecule has 34 heavy (non-hydrogen) atoms. The Morgan fingerprint density at radius 3 is 2.29 bits per heavy atom. The number of carbonyl (C=O) groups excluding carboxylic acids is 1. The number of rotatable bonds is 6. The SMILES string of the molecule is N#C/C(=C\c1cc(Cl)c(OCc2ccccc2Cl)c(Cl)c1)C(=O)Nc1cccc(C(F)(F)F)c1. The number of alkyl halides is 3. The van der Waals surface area contributed by atoms with E-state index in [9.17, 15) is 23.2 Å². The normalized spacial score (nSPS) is 11.6. The van der Waals surface area contributed by atoms with E-state index in [1.807, 2.05) is 0 Å². The lowest BCUT2D eigenvalue weighted by molar-refractivity contribution is -0.137. The molecular weight excluding hydrogens is 512 g/mol. The van der Waals surface area contributed by atoms with Crippen molar-refractivity contribution in [3.8, 4) is 11.8 Å². The van der Waals surface area contributed by atoms with Gasteiger partial charge in [0.05, 0.1) is 15.6 Å². The molecule has 0 aliphatic carbocycles. The topological polar surface area (TPSA) is 62.1 Å². The van der Waals surface area contributed by atoms with Crippen LogP contribution < -0.4 is 10.1 Å². The second-order valence-corrected chi connectivity index (χ2v) is 8.12. The van der Waals surface area contributed by atoms with Gasteiger partial charge in [-0.05, 0) is 48.0 Å². The fourth-order valence-corrected chi connectivity index (χ4v) is 3.66. The van der Waals surface area contributed by atoms with Crippen LogP contribution in [0.15, 0.2) is 66.2 Å². The third-order valence-electron chi connectivity index (χ3n) is 4.47. The summed E-state index contributed by atoms with van der Waals surface area (Å²) in [5.74, 6) is -0.708. The van der Waals surface area contributed by atoms with Crippen molar-refractivity contribution >= 4 is 52.5 Å². The Balaban J connectivity index is 1.79. The molecule has 0 spiro atoms. The van der Waals surface area contributed by atoms with Crippen molar-refractivity contribution in [3.63, 3.8) is 0 Å². The van der Waals surface area contributed by atoms with Crippen LogP contribution in [0.1, 0.15) is 16.7 Å². The summed E-state index contributed by atoms with van der Waals surface area (Å²) in [5.41, 5.74) is -0.373. The molecule has 3 aromatic rings. The Hall–Kier alpha value is -3.18. The molecule has 0 fully saturated rings. The number of carbonyl (C=O) groups is 1. The zero-order valence-electron chi connectivity index (χ0n) is 17.1. The fourth-order valence-electron chi connectivity index (χ4n) is 2.85. The summed E-state index contributed by atoms with van der Waals surface area (Å²) in [4.78, 5) is 12.5. The maximum absolute atomic E-state index is 12.9. The molecule has 0 heterocycles. The van der Waals surface area contributed by atoms with Gasteiger partial charge in [-0.3, -0.25) is 4.79 Å². The number of benzene rings is 3. The molecule has 0 radical (unpaired) electrons. The van der Waals surface area contributed by atoms with Crippen molar-refractivity contribution in [2.45, 2.75) is 12.8 Å². The molecule has 0 saturated carbocycles. The molecule has 3 rings (SSSR count). The van der Waals surface area contributed by atoms with Gasteiger partial charge in [-0.25, -0.2) is 0 Å². The third-order valence-corrected chi connectivity index (χ3v) is 5.40. The predicted octanol–water partition coefficient (Wildman–Crippen LogP) is 7.79. The first-order chi connectivity index (χ1) is 16.1. The average molecular weight is 526 g/mol. The van der Waals surface area contributed by atoms with Gasteiger partial charge in [0.15, 0.2) is 5.75 Å². The van der Waals surface area contributed by atoms with E-state index in [2.05, 4.69) is 5.32 Å². The van der Waals surface area contributed by atoms with Crippen LogP contribution in [0.4, 0.5) is 18.9 Å². The highest BCUT2D eigenvalue weighted by molar-refractivity contribution is 6.37. The monoisotopic (exact) mass is 524 g/mol. The van der Waals surface area contributed by atoms with Crippen LogP contribution in [-0.4, -0.2) is 5.91 Å². The van der Waals surface area contributed by atoms with E-state index in [-0.39, 0.29) is 33.7 Å². The van der Waals surface area contributed by atoms with Gasteiger partial charge < -0.3 is 10.1 Å². The zero-order chi connectivity index (χ0) is 24.9. The zero-order valence-corrected chi connectivity index (χ0v) is 19.4. The molecule has 3 aromatic carbocycles. The van der Waals surface area contributed by atoms with Crippen molar-refractivity contribution in [2.24, 2.45) is 0 Å². The number of anilines is 1. The molecule has 0 unspecified atom stereocenters. The Labute approximate surface area is 208 Å². The lowest BCUT2D eigenvalue weighted by atomic mass is 10.1. The maximum atomic E-state index is 12.9. The summed E-state index contributed by atoms with van der Waals surface area (Å²) >= 11 is 18.7. The lowest BCUT2D eigenvalue weighted by Gasteiger charge is -2.12. The number of hydrogen-bond acceptors (Lipinski definition) is 3. The Morgan fingerprint density at radius 2 is 1.68 bits per heavy atom. The van der Waals surface area contributed by atoms with Gasteiger partial charge in [0.1, 0.15) is 18.2 Å². The van der Waals surface area contributed by atoms with Crippen LogP contribution in [0.5, 0.6) is 5.75 Å². The summed E-state index contributed by atoms with van der Waals surface area (Å²) in [6.45, 7) is 0.108. The number of nitrogens with one attached hydrogen (secondary N) is 1. The molecular formula is C24H14Cl3F3N2O2. The molecule has 0 bridgehead atoms. The van der Waals surface area contributed by atoms with Crippen molar-refractivity contribution in [1.29, 1.82) is 5.26 Å². The summed E-state index contributed by atoms with van der Waals surface area (Å²) in [6, 6.07) is 15.7. The van der Waals surface area contributed by atoms with Crippen molar-refractivity contribution in [1.82, 2.24) is 0 Å². The van der Waals surface area contributed by atoms with E-state index >= 15 is 0 Å². The van der Waals surface area contributed by atoms with Crippen LogP contribution >= 0.6 is 34.8 Å². The number of ether oxygens (including phenoxy) is 1. The van der Waals surface area contributed by atoms with Crippen LogP contribution in [0.2, 0.25) is 15.1 Å². The van der Waals surface area contributed by atoms with E-state index in [4.69, 9.17) is 39.5 Å². The predicted molar refractivity (Wildman–Crippen MR) is 126 cm³/mol. The maximum Gasteiger partial charge on any atom is 0.416 e. The largest absolute Gasteiger partial charge is 0.486 e. The van der Waals surface area contributed by atoms with E-state index in [0.29, 0.717) is 10.6 Å². The first-order valence-electron chi connectivity index (χ1n) is 9.54. The highest BCUT2D eigenvalue weighted by Gasteiger charge is 2.30. The van der Waals surface area contributed by atoms with Crippen LogP contribution in [0.3, 0.4) is 0 Å². The highest BCUT2D eigenvalue weighted by atomic mass is 35.5. The number of halogens is 6. The number of hydrogen-bond donors (Lipinski definition) is 1. The fraction of sp³-hybridized carbons (Fsp3) is 0.0833. The highest BCUT2D eigenvalue weighted by Crippen LogP contribution is 2.36. The summed E-state index contributed by atoms with van der Waals surface area (Å²) in [6.07, 6.45) is -3.36. The molecule has 0 aliphatic rings. The van der Waals surface area contributed by atoms with E-state index in [1.165, 1.54) is 24.3 Å². The minimum Gasteiger partial charge on any atom is -0.486 e. The van der Waals surface area contributed by atoms with Gasteiger partial charge in [0.25, 0.3) is 5.91 Å². The molecule has 4 nitrogen and oxygen atoms in total. The number of nitriles is 1. The molecule has 0 aliphatic heterocycles. The Morgan fingerprint density at radius 1 is 1.00 bits per heavy atom. The molecule has 0 atom stereocenters.